The molecular weight excluding hydrogens is 287 g/mol. The summed E-state index contributed by atoms with van der Waals surface area (Å²) in [5.41, 5.74) is 0.277. The first kappa shape index (κ1) is 18.4. The number of hydrogen-bond acceptors (Lipinski definition) is 3. The second-order valence-electron chi connectivity index (χ2n) is 6.36. The van der Waals surface area contributed by atoms with Gasteiger partial charge in [-0.3, -0.25) is 4.57 Å². The van der Waals surface area contributed by atoms with E-state index in [9.17, 15) is 14.5 Å². The zero-order valence-corrected chi connectivity index (χ0v) is 14.4. The Morgan fingerprint density at radius 1 is 1.33 bits per heavy atom. The van der Waals surface area contributed by atoms with Crippen molar-refractivity contribution in [2.45, 2.75) is 52.9 Å². The summed E-state index contributed by atoms with van der Waals surface area (Å²) in [6.45, 7) is 6.13. The van der Waals surface area contributed by atoms with E-state index in [1.807, 2.05) is 19.9 Å². The number of carboxylic acids is 1. The molecule has 0 radical (unpaired) electrons. The third-order valence-electron chi connectivity index (χ3n) is 3.78. The minimum atomic E-state index is -2.90. The number of aliphatic carboxylic acids is 1. The third-order valence-corrected chi connectivity index (χ3v) is 6.62. The summed E-state index contributed by atoms with van der Waals surface area (Å²) in [7, 11) is -2.90. The van der Waals surface area contributed by atoms with Gasteiger partial charge in [-0.05, 0) is 31.6 Å². The van der Waals surface area contributed by atoms with Crippen LogP contribution in [0.25, 0.3) is 0 Å². The van der Waals surface area contributed by atoms with Gasteiger partial charge in [-0.1, -0.05) is 39.2 Å². The van der Waals surface area contributed by atoms with E-state index in [4.69, 9.17) is 4.52 Å². The number of allylic oxidation sites excluding steroid dienone is 1. The lowest BCUT2D eigenvalue weighted by molar-refractivity contribution is -0.132. The molecule has 0 heterocycles. The molecule has 0 aromatic rings. The van der Waals surface area contributed by atoms with Crippen molar-refractivity contribution in [3.8, 4) is 0 Å². The number of rotatable bonds is 8. The Morgan fingerprint density at radius 3 is 2.43 bits per heavy atom. The molecule has 1 N–H and O–H groups in total. The average molecular weight is 316 g/mol. The second-order valence-corrected chi connectivity index (χ2v) is 8.93. The molecule has 1 saturated carbocycles. The normalized spacial score (nSPS) is 20.5. The van der Waals surface area contributed by atoms with Crippen LogP contribution >= 0.6 is 7.37 Å². The molecule has 0 amide bonds. The van der Waals surface area contributed by atoms with E-state index >= 15 is 0 Å². The van der Waals surface area contributed by atoms with Crippen LogP contribution in [0.5, 0.6) is 0 Å². The predicted octanol–water partition coefficient (Wildman–Crippen LogP) is 4.55. The van der Waals surface area contributed by atoms with Crippen LogP contribution < -0.4 is 0 Å². The maximum absolute atomic E-state index is 12.9. The highest BCUT2D eigenvalue weighted by Gasteiger charge is 2.28. The molecule has 1 atom stereocenters. The number of carboxylic acid groups (broad SMARTS) is 1. The fraction of sp³-hybridized carbons (Fsp3) is 0.812. The first-order valence-corrected chi connectivity index (χ1v) is 10.0. The Balaban J connectivity index is 2.85. The lowest BCUT2D eigenvalue weighted by Crippen LogP contribution is -2.14. The molecule has 0 bridgehead atoms. The Hall–Kier alpha value is -0.600. The van der Waals surface area contributed by atoms with Crippen molar-refractivity contribution in [3.05, 3.63) is 11.6 Å². The summed E-state index contributed by atoms with van der Waals surface area (Å²) in [5.74, 6) is -0.407. The zero-order chi connectivity index (χ0) is 15.9. The van der Waals surface area contributed by atoms with E-state index in [2.05, 4.69) is 0 Å². The summed E-state index contributed by atoms with van der Waals surface area (Å²) in [5, 5.41) is 9.42. The molecule has 0 spiro atoms. The lowest BCUT2D eigenvalue weighted by Gasteiger charge is -2.22. The average Bonchev–Trinajstić information content (AvgIpc) is 2.38. The van der Waals surface area contributed by atoms with Crippen LogP contribution in [-0.2, 0) is 13.9 Å². The Morgan fingerprint density at radius 2 is 1.95 bits per heavy atom. The smallest absolute Gasteiger partial charge is 0.331 e. The highest BCUT2D eigenvalue weighted by molar-refractivity contribution is 7.59. The zero-order valence-electron chi connectivity index (χ0n) is 13.5. The summed E-state index contributed by atoms with van der Waals surface area (Å²) in [6, 6.07) is 0. The monoisotopic (exact) mass is 316 g/mol. The van der Waals surface area contributed by atoms with Crippen molar-refractivity contribution in [2.75, 3.05) is 18.9 Å². The second kappa shape index (κ2) is 8.75. The first-order chi connectivity index (χ1) is 9.86. The number of carbonyl (C=O) groups is 1. The summed E-state index contributed by atoms with van der Waals surface area (Å²) < 4.78 is 18.3. The van der Waals surface area contributed by atoms with E-state index in [0.717, 1.165) is 25.7 Å². The SMILES string of the molecule is CCOP(=O)(CC(=CC1CCCCC1)C(=O)O)CC(C)C. The molecule has 4 nitrogen and oxygen atoms in total. The molecular formula is C16H29O4P. The molecule has 1 rings (SSSR count). The molecule has 1 aliphatic rings. The molecule has 21 heavy (non-hydrogen) atoms. The Labute approximate surface area is 128 Å². The molecule has 1 aliphatic carbocycles. The molecule has 0 saturated heterocycles. The van der Waals surface area contributed by atoms with Gasteiger partial charge in [0, 0.05) is 11.7 Å². The highest BCUT2D eigenvalue weighted by Crippen LogP contribution is 2.50. The molecule has 5 heteroatoms. The largest absolute Gasteiger partial charge is 0.478 e. The highest BCUT2D eigenvalue weighted by atomic mass is 31.2. The van der Waals surface area contributed by atoms with Crippen molar-refractivity contribution < 1.29 is 19.0 Å². The van der Waals surface area contributed by atoms with E-state index in [1.165, 1.54) is 6.42 Å². The van der Waals surface area contributed by atoms with Crippen molar-refractivity contribution in [3.63, 3.8) is 0 Å². The Kier molecular flexibility index (Phi) is 7.69. The van der Waals surface area contributed by atoms with E-state index in [1.54, 1.807) is 6.92 Å². The maximum Gasteiger partial charge on any atom is 0.331 e. The number of hydrogen-bond donors (Lipinski definition) is 1. The topological polar surface area (TPSA) is 63.6 Å². The Bertz CT molecular complexity index is 409. The van der Waals surface area contributed by atoms with Gasteiger partial charge in [0.15, 0.2) is 0 Å². The minimum absolute atomic E-state index is 0.0604. The fourth-order valence-electron chi connectivity index (χ4n) is 2.99. The maximum atomic E-state index is 12.9. The predicted molar refractivity (Wildman–Crippen MR) is 86.1 cm³/mol. The quantitative estimate of drug-likeness (QED) is 0.527. The van der Waals surface area contributed by atoms with E-state index in [0.29, 0.717) is 18.7 Å². The van der Waals surface area contributed by atoms with Gasteiger partial charge < -0.3 is 9.63 Å². The molecule has 0 aromatic carbocycles. The van der Waals surface area contributed by atoms with E-state index < -0.39 is 13.3 Å². The van der Waals surface area contributed by atoms with Gasteiger partial charge >= 0.3 is 5.97 Å². The molecule has 122 valence electrons. The summed E-state index contributed by atoms with van der Waals surface area (Å²) in [4.78, 5) is 11.5. The van der Waals surface area contributed by atoms with Crippen molar-refractivity contribution in [1.29, 1.82) is 0 Å². The standard InChI is InChI=1S/C16H29O4P/c1-4-20-21(19,11-13(2)3)12-15(16(17)18)10-14-8-6-5-7-9-14/h10,13-14H,4-9,11-12H2,1-3H3,(H,17,18). The van der Waals surface area contributed by atoms with Crippen molar-refractivity contribution in [1.82, 2.24) is 0 Å². The van der Waals surface area contributed by atoms with Crippen molar-refractivity contribution >= 4 is 13.3 Å². The van der Waals surface area contributed by atoms with Gasteiger partial charge in [0.05, 0.1) is 12.8 Å². The minimum Gasteiger partial charge on any atom is -0.478 e. The molecule has 1 fully saturated rings. The van der Waals surface area contributed by atoms with Gasteiger partial charge in [0.25, 0.3) is 0 Å². The summed E-state index contributed by atoms with van der Waals surface area (Å²) >= 11 is 0. The third kappa shape index (κ3) is 6.80. The van der Waals surface area contributed by atoms with E-state index in [-0.39, 0.29) is 17.7 Å². The van der Waals surface area contributed by atoms with Crippen LogP contribution in [0.15, 0.2) is 11.6 Å². The van der Waals surface area contributed by atoms with Gasteiger partial charge in [-0.25, -0.2) is 4.79 Å². The molecule has 0 aromatic heterocycles. The van der Waals surface area contributed by atoms with Crippen LogP contribution in [-0.4, -0.2) is 30.0 Å². The van der Waals surface area contributed by atoms with Gasteiger partial charge in [0.1, 0.15) is 0 Å². The van der Waals surface area contributed by atoms with Crippen LogP contribution in [0.3, 0.4) is 0 Å². The van der Waals surface area contributed by atoms with Crippen LogP contribution in [0.2, 0.25) is 0 Å². The van der Waals surface area contributed by atoms with Gasteiger partial charge in [-0.15, -0.1) is 0 Å². The molecule has 0 aliphatic heterocycles. The van der Waals surface area contributed by atoms with Crippen LogP contribution in [0, 0.1) is 11.8 Å². The summed E-state index contributed by atoms with van der Waals surface area (Å²) in [6.07, 6.45) is 7.97. The van der Waals surface area contributed by atoms with Crippen LogP contribution in [0.1, 0.15) is 52.9 Å². The first-order valence-electron chi connectivity index (χ1n) is 8.03. The van der Waals surface area contributed by atoms with Gasteiger partial charge in [-0.2, -0.15) is 0 Å². The van der Waals surface area contributed by atoms with Crippen LogP contribution in [0.4, 0.5) is 0 Å². The van der Waals surface area contributed by atoms with Crippen molar-refractivity contribution in [2.24, 2.45) is 11.8 Å². The van der Waals surface area contributed by atoms with Gasteiger partial charge in [0.2, 0.25) is 7.37 Å². The lowest BCUT2D eigenvalue weighted by atomic mass is 9.88. The fourth-order valence-corrected chi connectivity index (χ4v) is 5.66. The molecule has 1 unspecified atom stereocenters.